The molecule has 0 atom stereocenters. The van der Waals surface area contributed by atoms with Crippen LogP contribution in [0.3, 0.4) is 0 Å². The van der Waals surface area contributed by atoms with E-state index < -0.39 is 6.09 Å². The Balaban J connectivity index is 0.00000192. The lowest BCUT2D eigenvalue weighted by Crippen LogP contribution is -3.00. The number of pyridine rings is 1. The van der Waals surface area contributed by atoms with Crippen molar-refractivity contribution >= 4 is 16.9 Å². The molecule has 0 aliphatic rings. The van der Waals surface area contributed by atoms with Crippen LogP contribution in [0.25, 0.3) is 10.8 Å². The minimum Gasteiger partial charge on any atom is -1.00 e. The maximum Gasteiger partial charge on any atom is 0.602 e. The number of aromatic nitrogens is 1. The zero-order valence-electron chi connectivity index (χ0n) is 12.6. The normalized spacial score (nSPS) is 9.96. The first-order chi connectivity index (χ1) is 10.8. The molecular weight excluding hydrogens is 314 g/mol. The summed E-state index contributed by atoms with van der Waals surface area (Å²) >= 11 is 0. The first-order valence-corrected chi connectivity index (χ1v) is 6.96. The second-order valence-corrected chi connectivity index (χ2v) is 4.89. The second kappa shape index (κ2) is 7.61. The highest BCUT2D eigenvalue weighted by Gasteiger charge is 2.16. The van der Waals surface area contributed by atoms with Crippen LogP contribution in [-0.4, -0.2) is 13.2 Å². The topological polar surface area (TPSA) is 39.4 Å². The lowest BCUT2D eigenvalue weighted by atomic mass is 10.2. The Morgan fingerprint density at radius 2 is 1.83 bits per heavy atom. The molecule has 0 bridgehead atoms. The zero-order valence-corrected chi connectivity index (χ0v) is 13.4. The molecule has 0 spiro atoms. The number of rotatable bonds is 3. The maximum absolute atomic E-state index is 12.1. The molecule has 0 amide bonds. The largest absolute Gasteiger partial charge is 1.00 e. The van der Waals surface area contributed by atoms with E-state index in [1.807, 2.05) is 54.6 Å². The number of fused-ring (bicyclic) bond motifs is 1. The summed E-state index contributed by atoms with van der Waals surface area (Å²) in [6.45, 7) is 0.257. The molecule has 0 fully saturated rings. The molecular formula is C18H16ClNO3. The number of hydrogen-bond acceptors (Lipinski definition) is 3. The predicted molar refractivity (Wildman–Crippen MR) is 82.7 cm³/mol. The van der Waals surface area contributed by atoms with Crippen LogP contribution in [0.5, 0.6) is 5.75 Å². The van der Waals surface area contributed by atoms with Gasteiger partial charge in [-0.3, -0.25) is 0 Å². The number of halogens is 1. The third-order valence-corrected chi connectivity index (χ3v) is 3.40. The minimum atomic E-state index is -0.401. The van der Waals surface area contributed by atoms with Gasteiger partial charge in [0.15, 0.2) is 12.4 Å². The number of carbonyl (C=O) groups is 1. The minimum absolute atomic E-state index is 0. The molecule has 1 heterocycles. The van der Waals surface area contributed by atoms with Gasteiger partial charge in [-0.1, -0.05) is 34.9 Å². The van der Waals surface area contributed by atoms with E-state index in [2.05, 4.69) is 0 Å². The van der Waals surface area contributed by atoms with Crippen molar-refractivity contribution in [2.24, 2.45) is 0 Å². The maximum atomic E-state index is 12.1. The molecule has 5 heteroatoms. The summed E-state index contributed by atoms with van der Waals surface area (Å²) < 4.78 is 11.9. The summed E-state index contributed by atoms with van der Waals surface area (Å²) in [7, 11) is 1.63. The van der Waals surface area contributed by atoms with E-state index in [1.54, 1.807) is 19.5 Å². The summed E-state index contributed by atoms with van der Waals surface area (Å²) in [6, 6.07) is 17.2. The molecule has 1 aromatic heterocycles. The Morgan fingerprint density at radius 1 is 1.04 bits per heavy atom. The van der Waals surface area contributed by atoms with Crippen molar-refractivity contribution in [1.29, 1.82) is 0 Å². The van der Waals surface area contributed by atoms with Gasteiger partial charge in [-0.15, -0.1) is 0 Å². The molecule has 0 aliphatic carbocycles. The van der Waals surface area contributed by atoms with Crippen molar-refractivity contribution in [2.45, 2.75) is 6.61 Å². The molecule has 0 saturated carbocycles. The fourth-order valence-electron chi connectivity index (χ4n) is 2.20. The van der Waals surface area contributed by atoms with E-state index in [9.17, 15) is 4.79 Å². The van der Waals surface area contributed by atoms with Crippen LogP contribution in [0.15, 0.2) is 67.0 Å². The number of carbonyl (C=O) groups excluding carboxylic acids is 1. The van der Waals surface area contributed by atoms with Gasteiger partial charge in [0, 0.05) is 11.5 Å². The summed E-state index contributed by atoms with van der Waals surface area (Å²) in [5.74, 6) is 0.789. The van der Waals surface area contributed by atoms with Gasteiger partial charge in [-0.05, 0) is 29.1 Å². The van der Waals surface area contributed by atoms with Crippen LogP contribution < -0.4 is 21.7 Å². The van der Waals surface area contributed by atoms with Crippen molar-refractivity contribution in [2.75, 3.05) is 7.11 Å². The average Bonchev–Trinajstić information content (AvgIpc) is 2.59. The first kappa shape index (κ1) is 16.8. The molecule has 0 unspecified atom stereocenters. The smallest absolute Gasteiger partial charge is 0.602 e. The molecule has 118 valence electrons. The van der Waals surface area contributed by atoms with Crippen LogP contribution in [0.4, 0.5) is 4.79 Å². The number of methoxy groups -OCH3 is 1. The van der Waals surface area contributed by atoms with Crippen molar-refractivity contribution in [3.63, 3.8) is 0 Å². The third kappa shape index (κ3) is 3.99. The Kier molecular flexibility index (Phi) is 5.55. The molecule has 4 nitrogen and oxygen atoms in total. The fraction of sp³-hybridized carbons (Fsp3) is 0.111. The van der Waals surface area contributed by atoms with Gasteiger partial charge in [0.1, 0.15) is 12.4 Å². The van der Waals surface area contributed by atoms with Crippen LogP contribution in [-0.2, 0) is 11.3 Å². The summed E-state index contributed by atoms with van der Waals surface area (Å²) in [5, 5.41) is 1.95. The van der Waals surface area contributed by atoms with E-state index >= 15 is 0 Å². The van der Waals surface area contributed by atoms with Gasteiger partial charge in [0.25, 0.3) is 0 Å². The van der Waals surface area contributed by atoms with E-state index in [1.165, 1.54) is 4.57 Å². The Morgan fingerprint density at radius 3 is 2.57 bits per heavy atom. The Labute approximate surface area is 140 Å². The van der Waals surface area contributed by atoms with Crippen LogP contribution in [0, 0.1) is 0 Å². The monoisotopic (exact) mass is 329 g/mol. The van der Waals surface area contributed by atoms with E-state index in [0.717, 1.165) is 22.1 Å². The molecule has 0 aliphatic heterocycles. The van der Waals surface area contributed by atoms with Crippen molar-refractivity contribution < 1.29 is 31.2 Å². The van der Waals surface area contributed by atoms with Gasteiger partial charge in [-0.25, -0.2) is 0 Å². The lowest BCUT2D eigenvalue weighted by Gasteiger charge is -2.02. The summed E-state index contributed by atoms with van der Waals surface area (Å²) in [4.78, 5) is 12.1. The first-order valence-electron chi connectivity index (χ1n) is 6.96. The van der Waals surface area contributed by atoms with Gasteiger partial charge in [0.2, 0.25) is 0 Å². The molecule has 0 saturated heterocycles. The van der Waals surface area contributed by atoms with Gasteiger partial charge in [-0.2, -0.15) is 4.79 Å². The van der Waals surface area contributed by atoms with Crippen LogP contribution in [0.2, 0.25) is 0 Å². The highest BCUT2D eigenvalue weighted by molar-refractivity contribution is 5.82. The Bertz CT molecular complexity index is 806. The summed E-state index contributed by atoms with van der Waals surface area (Å²) in [5.41, 5.74) is 0.960. The molecule has 23 heavy (non-hydrogen) atoms. The molecule has 2 aromatic carbocycles. The number of ether oxygens (including phenoxy) is 2. The van der Waals surface area contributed by atoms with Gasteiger partial charge >= 0.3 is 6.09 Å². The fourth-order valence-corrected chi connectivity index (χ4v) is 2.20. The highest BCUT2D eigenvalue weighted by Crippen LogP contribution is 2.18. The molecule has 0 radical (unpaired) electrons. The number of nitrogens with zero attached hydrogens (tertiary/aromatic N) is 1. The Hall–Kier alpha value is -2.59. The van der Waals surface area contributed by atoms with E-state index in [4.69, 9.17) is 9.47 Å². The van der Waals surface area contributed by atoms with Gasteiger partial charge < -0.3 is 21.9 Å². The van der Waals surface area contributed by atoms with Gasteiger partial charge in [0.05, 0.1) is 7.11 Å². The molecule has 3 aromatic rings. The van der Waals surface area contributed by atoms with Crippen molar-refractivity contribution in [3.8, 4) is 5.75 Å². The number of benzene rings is 2. The average molecular weight is 330 g/mol. The van der Waals surface area contributed by atoms with Crippen molar-refractivity contribution in [1.82, 2.24) is 0 Å². The van der Waals surface area contributed by atoms with E-state index in [0.29, 0.717) is 0 Å². The highest BCUT2D eigenvalue weighted by atomic mass is 35.5. The van der Waals surface area contributed by atoms with Crippen LogP contribution >= 0.6 is 0 Å². The standard InChI is InChI=1S/C18H16NO3.ClH/c1-21-17-8-7-16-12-19(10-9-15(16)11-17)18(20)22-13-14-5-3-2-4-6-14;/h2-12H,13H2,1H3;1H/q+1;/p-1. The number of hydrogen-bond donors (Lipinski definition) is 0. The van der Waals surface area contributed by atoms with Crippen LogP contribution in [0.1, 0.15) is 5.56 Å². The van der Waals surface area contributed by atoms with E-state index in [-0.39, 0.29) is 19.0 Å². The zero-order chi connectivity index (χ0) is 15.4. The SMILES string of the molecule is COc1ccc2c[n+](C(=O)OCc3ccccc3)ccc2c1.[Cl-]. The molecule has 0 N–H and O–H groups in total. The summed E-state index contributed by atoms with van der Waals surface area (Å²) in [6.07, 6.45) is 3.04. The van der Waals surface area contributed by atoms with Crippen molar-refractivity contribution in [3.05, 3.63) is 72.6 Å². The quantitative estimate of drug-likeness (QED) is 0.650. The molecule has 3 rings (SSSR count). The lowest BCUT2D eigenvalue weighted by molar-refractivity contribution is -0.585. The second-order valence-electron chi connectivity index (χ2n) is 4.89. The third-order valence-electron chi connectivity index (χ3n) is 3.40. The predicted octanol–water partition coefficient (Wildman–Crippen LogP) is 0.325.